The molecule has 0 unspecified atom stereocenters. The van der Waals surface area contributed by atoms with Gasteiger partial charge in [-0.15, -0.1) is 12.4 Å². The molecule has 0 saturated heterocycles. The first kappa shape index (κ1) is 10.8. The Kier molecular flexibility index (Phi) is 3.56. The van der Waals surface area contributed by atoms with Crippen molar-refractivity contribution in [3.05, 3.63) is 11.9 Å². The molecular weight excluding hydrogens is 180 g/mol. The molecule has 0 bridgehead atoms. The minimum Gasteiger partial charge on any atom is -0.385 e. The Balaban J connectivity index is 0.00000121. The Labute approximate surface area is 76.3 Å². The van der Waals surface area contributed by atoms with E-state index < -0.39 is 5.91 Å². The second kappa shape index (κ2) is 3.96. The Bertz CT molecular complexity index is 283. The smallest absolute Gasteiger partial charge is 0.269 e. The number of anilines is 1. The number of amides is 1. The van der Waals surface area contributed by atoms with Crippen LogP contribution in [0, 0.1) is 0 Å². The van der Waals surface area contributed by atoms with Crippen LogP contribution in [0.4, 0.5) is 5.69 Å². The monoisotopic (exact) mass is 190 g/mol. The highest BCUT2D eigenvalue weighted by Gasteiger charge is 2.11. The van der Waals surface area contributed by atoms with E-state index in [1.807, 2.05) is 0 Å². The van der Waals surface area contributed by atoms with Gasteiger partial charge in [0.05, 0.1) is 11.9 Å². The average Bonchev–Trinajstić information content (AvgIpc) is 2.30. The maximum atomic E-state index is 10.8. The number of nitrogens with two attached hydrogens (primary N) is 1. The maximum absolute atomic E-state index is 10.8. The number of halogens is 1. The Hall–Kier alpha value is -1.23. The van der Waals surface area contributed by atoms with E-state index in [1.54, 1.807) is 20.3 Å². The number of aryl methyl sites for hydroxylation is 1. The predicted molar refractivity (Wildman–Crippen MR) is 48.5 cm³/mol. The summed E-state index contributed by atoms with van der Waals surface area (Å²) >= 11 is 0. The Morgan fingerprint density at radius 3 is 2.67 bits per heavy atom. The fraction of sp³-hybridized carbons (Fsp3) is 0.333. The summed E-state index contributed by atoms with van der Waals surface area (Å²) in [4.78, 5) is 10.8. The van der Waals surface area contributed by atoms with E-state index in [2.05, 4.69) is 10.4 Å². The summed E-state index contributed by atoms with van der Waals surface area (Å²) in [6.07, 6.45) is 1.56. The van der Waals surface area contributed by atoms with Gasteiger partial charge in [0.25, 0.3) is 5.91 Å². The summed E-state index contributed by atoms with van der Waals surface area (Å²) in [6, 6.07) is 0. The molecule has 0 spiro atoms. The van der Waals surface area contributed by atoms with Crippen LogP contribution < -0.4 is 11.1 Å². The highest BCUT2D eigenvalue weighted by atomic mass is 35.5. The normalized spacial score (nSPS) is 8.83. The maximum Gasteiger partial charge on any atom is 0.269 e. The molecule has 0 fully saturated rings. The summed E-state index contributed by atoms with van der Waals surface area (Å²) in [6.45, 7) is 0. The van der Waals surface area contributed by atoms with Crippen LogP contribution in [0.1, 0.15) is 10.5 Å². The lowest BCUT2D eigenvalue weighted by atomic mass is 10.3. The molecule has 0 aromatic carbocycles. The minimum atomic E-state index is -0.477. The van der Waals surface area contributed by atoms with Crippen molar-refractivity contribution in [1.82, 2.24) is 9.78 Å². The minimum absolute atomic E-state index is 0. The summed E-state index contributed by atoms with van der Waals surface area (Å²) in [5, 5.41) is 6.68. The first-order chi connectivity index (χ1) is 5.16. The molecule has 5 nitrogen and oxygen atoms in total. The van der Waals surface area contributed by atoms with Crippen molar-refractivity contribution in [3.8, 4) is 0 Å². The van der Waals surface area contributed by atoms with Crippen molar-refractivity contribution >= 4 is 24.0 Å². The van der Waals surface area contributed by atoms with Crippen LogP contribution in [0.5, 0.6) is 0 Å². The molecule has 0 aliphatic carbocycles. The number of rotatable bonds is 2. The zero-order valence-electron chi connectivity index (χ0n) is 6.87. The molecule has 1 rings (SSSR count). The molecule has 1 amide bonds. The number of nitrogens with one attached hydrogen (secondary N) is 1. The topological polar surface area (TPSA) is 72.9 Å². The summed E-state index contributed by atoms with van der Waals surface area (Å²) < 4.78 is 1.44. The summed E-state index contributed by atoms with van der Waals surface area (Å²) in [7, 11) is 3.38. The predicted octanol–water partition coefficient (Wildman–Crippen LogP) is -0.0175. The second-order valence-corrected chi connectivity index (χ2v) is 2.14. The third-order valence-electron chi connectivity index (χ3n) is 1.44. The first-order valence-corrected chi connectivity index (χ1v) is 3.16. The van der Waals surface area contributed by atoms with Gasteiger partial charge in [0.15, 0.2) is 0 Å². The van der Waals surface area contributed by atoms with Gasteiger partial charge in [0, 0.05) is 14.1 Å². The molecule has 0 aliphatic heterocycles. The van der Waals surface area contributed by atoms with E-state index in [0.29, 0.717) is 11.4 Å². The van der Waals surface area contributed by atoms with E-state index >= 15 is 0 Å². The molecule has 1 aromatic heterocycles. The molecule has 0 radical (unpaired) electrons. The van der Waals surface area contributed by atoms with Crippen LogP contribution in [0.25, 0.3) is 0 Å². The molecule has 12 heavy (non-hydrogen) atoms. The number of aromatic nitrogens is 2. The number of hydrogen-bond donors (Lipinski definition) is 2. The molecule has 0 atom stereocenters. The van der Waals surface area contributed by atoms with E-state index in [1.165, 1.54) is 4.68 Å². The lowest BCUT2D eigenvalue weighted by Crippen LogP contribution is -2.17. The molecule has 1 aromatic rings. The number of hydrogen-bond acceptors (Lipinski definition) is 3. The average molecular weight is 191 g/mol. The molecule has 1 heterocycles. The van der Waals surface area contributed by atoms with Gasteiger partial charge in [-0.1, -0.05) is 0 Å². The highest BCUT2D eigenvalue weighted by molar-refractivity contribution is 5.96. The molecule has 68 valence electrons. The quantitative estimate of drug-likeness (QED) is 0.689. The lowest BCUT2D eigenvalue weighted by Gasteiger charge is -1.99. The molecular formula is C6H11ClN4O. The van der Waals surface area contributed by atoms with Crippen LogP contribution in [0.3, 0.4) is 0 Å². The van der Waals surface area contributed by atoms with Crippen LogP contribution in [0.2, 0.25) is 0 Å². The largest absolute Gasteiger partial charge is 0.385 e. The van der Waals surface area contributed by atoms with Crippen LogP contribution in [-0.2, 0) is 7.05 Å². The third kappa shape index (κ3) is 1.68. The Morgan fingerprint density at radius 1 is 1.75 bits per heavy atom. The molecule has 3 N–H and O–H groups in total. The van der Waals surface area contributed by atoms with Gasteiger partial charge in [-0.2, -0.15) is 5.10 Å². The SMILES string of the molecule is CNc1cnn(C)c1C(N)=O.Cl. The molecule has 0 aliphatic rings. The van der Waals surface area contributed by atoms with Gasteiger partial charge >= 0.3 is 0 Å². The van der Waals surface area contributed by atoms with E-state index in [0.717, 1.165) is 0 Å². The van der Waals surface area contributed by atoms with Crippen LogP contribution in [0.15, 0.2) is 6.20 Å². The van der Waals surface area contributed by atoms with Crippen molar-refractivity contribution in [2.45, 2.75) is 0 Å². The fourth-order valence-electron chi connectivity index (χ4n) is 0.913. The number of nitrogens with zero attached hydrogens (tertiary/aromatic N) is 2. The zero-order chi connectivity index (χ0) is 8.43. The van der Waals surface area contributed by atoms with E-state index in [4.69, 9.17) is 5.73 Å². The number of primary amides is 1. The zero-order valence-corrected chi connectivity index (χ0v) is 7.68. The second-order valence-electron chi connectivity index (χ2n) is 2.14. The first-order valence-electron chi connectivity index (χ1n) is 3.16. The Morgan fingerprint density at radius 2 is 2.33 bits per heavy atom. The third-order valence-corrected chi connectivity index (χ3v) is 1.44. The van der Waals surface area contributed by atoms with Gasteiger partial charge in [-0.3, -0.25) is 9.48 Å². The van der Waals surface area contributed by atoms with Crippen LogP contribution >= 0.6 is 12.4 Å². The summed E-state index contributed by atoms with van der Waals surface area (Å²) in [5.74, 6) is -0.477. The van der Waals surface area contributed by atoms with Crippen molar-refractivity contribution in [2.75, 3.05) is 12.4 Å². The number of carbonyl (C=O) groups is 1. The van der Waals surface area contributed by atoms with Gasteiger partial charge in [-0.05, 0) is 0 Å². The van der Waals surface area contributed by atoms with Gasteiger partial charge in [0.2, 0.25) is 0 Å². The standard InChI is InChI=1S/C6H10N4O.ClH/c1-8-4-3-9-10(2)5(4)6(7)11;/h3,8H,1-2H3,(H2,7,11);1H. The van der Waals surface area contributed by atoms with Crippen molar-refractivity contribution in [1.29, 1.82) is 0 Å². The molecule has 0 saturated carbocycles. The van der Waals surface area contributed by atoms with E-state index in [-0.39, 0.29) is 12.4 Å². The lowest BCUT2D eigenvalue weighted by molar-refractivity contribution is 0.0992. The van der Waals surface area contributed by atoms with Crippen molar-refractivity contribution < 1.29 is 4.79 Å². The molecule has 6 heteroatoms. The van der Waals surface area contributed by atoms with Crippen LogP contribution in [-0.4, -0.2) is 22.7 Å². The van der Waals surface area contributed by atoms with Crippen molar-refractivity contribution in [2.24, 2.45) is 12.8 Å². The van der Waals surface area contributed by atoms with E-state index in [9.17, 15) is 4.79 Å². The highest BCUT2D eigenvalue weighted by Crippen LogP contribution is 2.11. The number of carbonyl (C=O) groups excluding carboxylic acids is 1. The summed E-state index contributed by atoms with van der Waals surface area (Å²) in [5.41, 5.74) is 6.14. The van der Waals surface area contributed by atoms with Crippen molar-refractivity contribution in [3.63, 3.8) is 0 Å². The van der Waals surface area contributed by atoms with Gasteiger partial charge < -0.3 is 11.1 Å². The fourth-order valence-corrected chi connectivity index (χ4v) is 0.913. The van der Waals surface area contributed by atoms with Gasteiger partial charge in [-0.25, -0.2) is 0 Å². The van der Waals surface area contributed by atoms with Gasteiger partial charge in [0.1, 0.15) is 5.69 Å².